The van der Waals surface area contributed by atoms with Crippen molar-refractivity contribution in [1.29, 1.82) is 0 Å². The number of benzene rings is 1. The summed E-state index contributed by atoms with van der Waals surface area (Å²) >= 11 is 0. The summed E-state index contributed by atoms with van der Waals surface area (Å²) in [5.74, 6) is 0.233. The van der Waals surface area contributed by atoms with Gasteiger partial charge in [-0.3, -0.25) is 14.8 Å². The standard InChI is InChI=1S/C13H16N4O3/c1-2-16-8-11(7-15-16)9-20-13-4-3-10(6-14)5-12(13)17(18)19/h3-5,7-8H,2,6,9,14H2,1H3. The Morgan fingerprint density at radius 2 is 2.25 bits per heavy atom. The molecule has 2 rings (SSSR count). The van der Waals surface area contributed by atoms with Gasteiger partial charge in [0.15, 0.2) is 5.75 Å². The summed E-state index contributed by atoms with van der Waals surface area (Å²) in [7, 11) is 0. The number of nitrogens with zero attached hydrogens (tertiary/aromatic N) is 3. The number of nitro benzene ring substituents is 1. The molecule has 0 aliphatic heterocycles. The first-order valence-electron chi connectivity index (χ1n) is 6.25. The fourth-order valence-electron chi connectivity index (χ4n) is 1.77. The van der Waals surface area contributed by atoms with Gasteiger partial charge in [-0.15, -0.1) is 0 Å². The van der Waals surface area contributed by atoms with Gasteiger partial charge in [0.25, 0.3) is 0 Å². The molecule has 0 spiro atoms. The Morgan fingerprint density at radius 3 is 2.85 bits per heavy atom. The molecule has 106 valence electrons. The van der Waals surface area contributed by atoms with Crippen LogP contribution in [0.3, 0.4) is 0 Å². The molecule has 2 N–H and O–H groups in total. The molecule has 0 fully saturated rings. The summed E-state index contributed by atoms with van der Waals surface area (Å²) in [6, 6.07) is 4.73. The number of aryl methyl sites for hydroxylation is 1. The highest BCUT2D eigenvalue weighted by Gasteiger charge is 2.16. The highest BCUT2D eigenvalue weighted by molar-refractivity contribution is 5.48. The van der Waals surface area contributed by atoms with E-state index in [-0.39, 0.29) is 24.6 Å². The minimum atomic E-state index is -0.468. The predicted octanol–water partition coefficient (Wildman–Crippen LogP) is 1.85. The lowest BCUT2D eigenvalue weighted by atomic mass is 10.2. The van der Waals surface area contributed by atoms with E-state index in [1.807, 2.05) is 13.1 Å². The Morgan fingerprint density at radius 1 is 1.45 bits per heavy atom. The quantitative estimate of drug-likeness (QED) is 0.641. The van der Waals surface area contributed by atoms with Crippen LogP contribution in [-0.4, -0.2) is 14.7 Å². The molecule has 1 heterocycles. The molecule has 0 aliphatic carbocycles. The Balaban J connectivity index is 2.14. The predicted molar refractivity (Wildman–Crippen MR) is 73.2 cm³/mol. The lowest BCUT2D eigenvalue weighted by molar-refractivity contribution is -0.386. The number of aromatic nitrogens is 2. The van der Waals surface area contributed by atoms with E-state index < -0.39 is 4.92 Å². The number of ether oxygens (including phenoxy) is 1. The van der Waals surface area contributed by atoms with Gasteiger partial charge in [0.05, 0.1) is 11.1 Å². The smallest absolute Gasteiger partial charge is 0.311 e. The lowest BCUT2D eigenvalue weighted by Gasteiger charge is -2.06. The molecule has 7 heteroatoms. The zero-order chi connectivity index (χ0) is 14.5. The van der Waals surface area contributed by atoms with E-state index in [9.17, 15) is 10.1 Å². The van der Waals surface area contributed by atoms with Crippen LogP contribution in [-0.2, 0) is 19.7 Å². The second kappa shape index (κ2) is 6.16. The van der Waals surface area contributed by atoms with Gasteiger partial charge >= 0.3 is 5.69 Å². The molecule has 7 nitrogen and oxygen atoms in total. The molecule has 0 amide bonds. The topological polar surface area (TPSA) is 96.2 Å². The van der Waals surface area contributed by atoms with Crippen molar-refractivity contribution in [2.45, 2.75) is 26.6 Å². The maximum atomic E-state index is 11.0. The van der Waals surface area contributed by atoms with Crippen molar-refractivity contribution >= 4 is 5.69 Å². The van der Waals surface area contributed by atoms with Crippen LogP contribution in [0.25, 0.3) is 0 Å². The Kier molecular flexibility index (Phi) is 4.31. The first kappa shape index (κ1) is 14.0. The molecule has 0 atom stereocenters. The van der Waals surface area contributed by atoms with Crippen LogP contribution in [0.4, 0.5) is 5.69 Å². The molecule has 1 aromatic carbocycles. The van der Waals surface area contributed by atoms with Crippen molar-refractivity contribution in [3.63, 3.8) is 0 Å². The van der Waals surface area contributed by atoms with Gasteiger partial charge in [0.1, 0.15) is 6.61 Å². The SMILES string of the molecule is CCn1cc(COc2ccc(CN)cc2[N+](=O)[O-])cn1. The summed E-state index contributed by atoms with van der Waals surface area (Å²) in [4.78, 5) is 10.6. The highest BCUT2D eigenvalue weighted by Crippen LogP contribution is 2.28. The average Bonchev–Trinajstić information content (AvgIpc) is 2.92. The zero-order valence-corrected chi connectivity index (χ0v) is 11.2. The van der Waals surface area contributed by atoms with Gasteiger partial charge in [0.2, 0.25) is 0 Å². The molecule has 0 aliphatic rings. The van der Waals surface area contributed by atoms with E-state index in [0.717, 1.165) is 12.1 Å². The van der Waals surface area contributed by atoms with Gasteiger partial charge in [-0.05, 0) is 18.6 Å². The first-order chi connectivity index (χ1) is 9.63. The van der Waals surface area contributed by atoms with Gasteiger partial charge in [-0.25, -0.2) is 0 Å². The minimum Gasteiger partial charge on any atom is -0.482 e. The van der Waals surface area contributed by atoms with Crippen molar-refractivity contribution in [1.82, 2.24) is 9.78 Å². The zero-order valence-electron chi connectivity index (χ0n) is 11.2. The summed E-state index contributed by atoms with van der Waals surface area (Å²) in [5.41, 5.74) is 6.97. The van der Waals surface area contributed by atoms with Crippen LogP contribution in [0, 0.1) is 10.1 Å². The molecule has 0 saturated carbocycles. The molecular weight excluding hydrogens is 260 g/mol. The molecular formula is C13H16N4O3. The number of rotatable bonds is 6. The van der Waals surface area contributed by atoms with E-state index in [1.54, 1.807) is 23.0 Å². The number of nitrogens with two attached hydrogens (primary N) is 1. The van der Waals surface area contributed by atoms with Crippen molar-refractivity contribution in [2.24, 2.45) is 5.73 Å². The number of hydrogen-bond acceptors (Lipinski definition) is 5. The monoisotopic (exact) mass is 276 g/mol. The molecule has 0 radical (unpaired) electrons. The third-order valence-corrected chi connectivity index (χ3v) is 2.86. The van der Waals surface area contributed by atoms with Crippen LogP contribution in [0.1, 0.15) is 18.1 Å². The van der Waals surface area contributed by atoms with E-state index >= 15 is 0 Å². The van der Waals surface area contributed by atoms with Gasteiger partial charge < -0.3 is 10.5 Å². The Hall–Kier alpha value is -2.41. The highest BCUT2D eigenvalue weighted by atomic mass is 16.6. The lowest BCUT2D eigenvalue weighted by Crippen LogP contribution is -2.02. The maximum absolute atomic E-state index is 11.0. The summed E-state index contributed by atoms with van der Waals surface area (Å²) in [6.45, 7) is 3.24. The molecule has 1 aromatic heterocycles. The Bertz CT molecular complexity index is 609. The van der Waals surface area contributed by atoms with Crippen molar-refractivity contribution < 1.29 is 9.66 Å². The van der Waals surface area contributed by atoms with Crippen LogP contribution in [0.15, 0.2) is 30.6 Å². The summed E-state index contributed by atoms with van der Waals surface area (Å²) < 4.78 is 7.27. The summed E-state index contributed by atoms with van der Waals surface area (Å²) in [6.07, 6.45) is 3.53. The number of hydrogen-bond donors (Lipinski definition) is 1. The molecule has 0 bridgehead atoms. The van der Waals surface area contributed by atoms with E-state index in [4.69, 9.17) is 10.5 Å². The maximum Gasteiger partial charge on any atom is 0.311 e. The van der Waals surface area contributed by atoms with Crippen molar-refractivity contribution in [3.8, 4) is 5.75 Å². The second-order valence-electron chi connectivity index (χ2n) is 4.26. The Labute approximate surface area is 116 Å². The molecule has 0 saturated heterocycles. The third kappa shape index (κ3) is 3.12. The normalized spacial score (nSPS) is 10.5. The number of nitro groups is 1. The fourth-order valence-corrected chi connectivity index (χ4v) is 1.77. The average molecular weight is 276 g/mol. The van der Waals surface area contributed by atoms with Crippen molar-refractivity contribution in [2.75, 3.05) is 0 Å². The van der Waals surface area contributed by atoms with E-state index in [1.165, 1.54) is 6.07 Å². The summed E-state index contributed by atoms with van der Waals surface area (Å²) in [5, 5.41) is 15.1. The van der Waals surface area contributed by atoms with Crippen molar-refractivity contribution in [3.05, 3.63) is 51.8 Å². The molecule has 0 unspecified atom stereocenters. The molecule has 20 heavy (non-hydrogen) atoms. The fraction of sp³-hybridized carbons (Fsp3) is 0.308. The third-order valence-electron chi connectivity index (χ3n) is 2.86. The van der Waals surface area contributed by atoms with Crippen LogP contribution < -0.4 is 10.5 Å². The van der Waals surface area contributed by atoms with Crippen LogP contribution in [0.2, 0.25) is 0 Å². The van der Waals surface area contributed by atoms with Crippen LogP contribution in [0.5, 0.6) is 5.75 Å². The van der Waals surface area contributed by atoms with E-state index in [0.29, 0.717) is 5.56 Å². The van der Waals surface area contributed by atoms with Gasteiger partial charge in [-0.2, -0.15) is 5.10 Å². The first-order valence-corrected chi connectivity index (χ1v) is 6.25. The van der Waals surface area contributed by atoms with Crippen LogP contribution >= 0.6 is 0 Å². The molecule has 2 aromatic rings. The second-order valence-corrected chi connectivity index (χ2v) is 4.26. The largest absolute Gasteiger partial charge is 0.482 e. The van der Waals surface area contributed by atoms with Gasteiger partial charge in [-0.1, -0.05) is 6.07 Å². The van der Waals surface area contributed by atoms with Gasteiger partial charge in [0, 0.05) is 30.9 Å². The van der Waals surface area contributed by atoms with E-state index in [2.05, 4.69) is 5.10 Å². The minimum absolute atomic E-state index is 0.0733.